The third-order valence-electron chi connectivity index (χ3n) is 6.63. The number of ether oxygens (including phenoxy) is 2. The third kappa shape index (κ3) is 5.08. The number of carbonyl (C=O) groups is 1. The zero-order chi connectivity index (χ0) is 25.1. The first-order valence-electron chi connectivity index (χ1n) is 11.8. The minimum Gasteiger partial charge on any atom is -0.504 e. The number of phenols is 1. The van der Waals surface area contributed by atoms with Gasteiger partial charge in [0.1, 0.15) is 12.4 Å². The van der Waals surface area contributed by atoms with E-state index in [1.54, 1.807) is 13.2 Å². The summed E-state index contributed by atoms with van der Waals surface area (Å²) in [7, 11) is 1.61. The van der Waals surface area contributed by atoms with Gasteiger partial charge in [0, 0.05) is 23.4 Å². The molecular formula is C28H29BrN2O4. The lowest BCUT2D eigenvalue weighted by atomic mass is 9.72. The highest BCUT2D eigenvalue weighted by Gasteiger charge is 2.38. The second kappa shape index (κ2) is 10.6. The molecule has 4 rings (SSSR count). The molecule has 0 amide bonds. The average Bonchev–Trinajstić information content (AvgIpc) is 2.82. The first-order chi connectivity index (χ1) is 16.9. The van der Waals surface area contributed by atoms with Gasteiger partial charge in [-0.05, 0) is 77.0 Å². The number of benzene rings is 2. The van der Waals surface area contributed by atoms with E-state index in [4.69, 9.17) is 9.47 Å². The highest BCUT2D eigenvalue weighted by molar-refractivity contribution is 9.10. The van der Waals surface area contributed by atoms with Gasteiger partial charge in [-0.2, -0.15) is 5.26 Å². The Balaban J connectivity index is 1.67. The number of hydrogen-bond donors (Lipinski definition) is 2. The number of rotatable bonds is 7. The Kier molecular flexibility index (Phi) is 7.51. The van der Waals surface area contributed by atoms with Crippen molar-refractivity contribution in [1.82, 2.24) is 5.32 Å². The zero-order valence-corrected chi connectivity index (χ0v) is 21.7. The zero-order valence-electron chi connectivity index (χ0n) is 20.2. The molecule has 2 aromatic rings. The van der Waals surface area contributed by atoms with Gasteiger partial charge in [-0.1, -0.05) is 25.5 Å². The fourth-order valence-corrected chi connectivity index (χ4v) is 5.62. The molecule has 2 unspecified atom stereocenters. The summed E-state index contributed by atoms with van der Waals surface area (Å²) in [6.07, 6.45) is 3.29. The molecule has 0 spiro atoms. The number of Topliss-reactive ketones (excluding diaryl/α,β-unsaturated/α-hetero) is 1. The molecule has 0 aromatic heterocycles. The summed E-state index contributed by atoms with van der Waals surface area (Å²) < 4.78 is 11.7. The molecule has 0 saturated heterocycles. The Morgan fingerprint density at radius 1 is 1.26 bits per heavy atom. The van der Waals surface area contributed by atoms with Crippen LogP contribution in [-0.4, -0.2) is 18.0 Å². The summed E-state index contributed by atoms with van der Waals surface area (Å²) in [5, 5.41) is 24.2. The smallest absolute Gasteiger partial charge is 0.175 e. The van der Waals surface area contributed by atoms with Gasteiger partial charge in [0.05, 0.1) is 29.1 Å². The van der Waals surface area contributed by atoms with Crippen LogP contribution < -0.4 is 14.8 Å². The van der Waals surface area contributed by atoms with Gasteiger partial charge in [-0.25, -0.2) is 0 Å². The number of allylic oxidation sites excluding steroid dienone is 4. The van der Waals surface area contributed by atoms with Gasteiger partial charge in [-0.3, -0.25) is 4.79 Å². The monoisotopic (exact) mass is 536 g/mol. The quantitative estimate of drug-likeness (QED) is 0.433. The van der Waals surface area contributed by atoms with Crippen LogP contribution in [0.25, 0.3) is 0 Å². The largest absolute Gasteiger partial charge is 0.504 e. The van der Waals surface area contributed by atoms with Gasteiger partial charge in [0.15, 0.2) is 17.3 Å². The molecule has 0 fully saturated rings. The van der Waals surface area contributed by atoms with Crippen molar-refractivity contribution in [3.63, 3.8) is 0 Å². The second-order valence-corrected chi connectivity index (χ2v) is 9.93. The minimum absolute atomic E-state index is 0.0555. The van der Waals surface area contributed by atoms with Crippen LogP contribution in [0.3, 0.4) is 0 Å². The third-order valence-corrected chi connectivity index (χ3v) is 7.22. The first-order valence-corrected chi connectivity index (χ1v) is 12.6. The van der Waals surface area contributed by atoms with Crippen LogP contribution in [0.1, 0.15) is 56.6 Å². The number of ketones is 1. The number of carbonyl (C=O) groups excluding carboxylic acids is 1. The molecule has 2 aromatic carbocycles. The van der Waals surface area contributed by atoms with Gasteiger partial charge in [0.2, 0.25) is 0 Å². The molecule has 1 aliphatic heterocycles. The Morgan fingerprint density at radius 2 is 2.06 bits per heavy atom. The van der Waals surface area contributed by atoms with Crippen LogP contribution in [0.2, 0.25) is 0 Å². The molecule has 7 heteroatoms. The van der Waals surface area contributed by atoms with Crippen molar-refractivity contribution in [1.29, 1.82) is 5.26 Å². The molecule has 2 N–H and O–H groups in total. The van der Waals surface area contributed by atoms with Crippen molar-refractivity contribution in [3.8, 4) is 23.3 Å². The number of nitrogens with one attached hydrogen (secondary N) is 1. The maximum absolute atomic E-state index is 13.3. The van der Waals surface area contributed by atoms with E-state index in [9.17, 15) is 15.2 Å². The Hall–Kier alpha value is -3.24. The highest BCUT2D eigenvalue weighted by atomic mass is 79.9. The van der Waals surface area contributed by atoms with Crippen LogP contribution in [0.15, 0.2) is 63.4 Å². The lowest BCUT2D eigenvalue weighted by Crippen LogP contribution is -2.34. The van der Waals surface area contributed by atoms with Crippen molar-refractivity contribution >= 4 is 21.7 Å². The fourth-order valence-electron chi connectivity index (χ4n) is 5.04. The molecular weight excluding hydrogens is 508 g/mol. The van der Waals surface area contributed by atoms with Gasteiger partial charge < -0.3 is 19.9 Å². The molecule has 0 bridgehead atoms. The van der Waals surface area contributed by atoms with Crippen molar-refractivity contribution < 1.29 is 19.4 Å². The van der Waals surface area contributed by atoms with Crippen LogP contribution in [0.4, 0.5) is 0 Å². The summed E-state index contributed by atoms with van der Waals surface area (Å²) in [5.41, 5.74) is 4.34. The molecule has 0 saturated carbocycles. The topological polar surface area (TPSA) is 91.6 Å². The Bertz CT molecular complexity index is 1230. The Morgan fingerprint density at radius 3 is 2.74 bits per heavy atom. The van der Waals surface area contributed by atoms with Crippen molar-refractivity contribution in [2.75, 3.05) is 7.11 Å². The first kappa shape index (κ1) is 24.9. The van der Waals surface area contributed by atoms with E-state index < -0.39 is 5.92 Å². The van der Waals surface area contributed by atoms with Gasteiger partial charge >= 0.3 is 0 Å². The Labute approximate surface area is 214 Å². The molecule has 1 heterocycles. The molecule has 1 aliphatic carbocycles. The van der Waals surface area contributed by atoms with Crippen LogP contribution in [-0.2, 0) is 11.4 Å². The average molecular weight is 537 g/mol. The predicted octanol–water partition coefficient (Wildman–Crippen LogP) is 6.26. The normalized spacial score (nSPS) is 19.7. The maximum Gasteiger partial charge on any atom is 0.175 e. The lowest BCUT2D eigenvalue weighted by Gasteiger charge is -2.35. The highest BCUT2D eigenvalue weighted by Crippen LogP contribution is 2.47. The van der Waals surface area contributed by atoms with Crippen molar-refractivity contribution in [2.45, 2.75) is 52.1 Å². The van der Waals surface area contributed by atoms with Crippen LogP contribution >= 0.6 is 15.9 Å². The van der Waals surface area contributed by atoms with E-state index in [1.807, 2.05) is 37.3 Å². The van der Waals surface area contributed by atoms with E-state index in [0.717, 1.165) is 42.0 Å². The summed E-state index contributed by atoms with van der Waals surface area (Å²) in [4.78, 5) is 13.3. The molecule has 35 heavy (non-hydrogen) atoms. The summed E-state index contributed by atoms with van der Waals surface area (Å²) in [5.74, 6) is 0.821. The maximum atomic E-state index is 13.3. The van der Waals surface area contributed by atoms with E-state index in [-0.39, 0.29) is 18.1 Å². The van der Waals surface area contributed by atoms with Crippen LogP contribution in [0, 0.1) is 17.2 Å². The number of halogens is 1. The molecule has 2 atom stereocenters. The second-order valence-electron chi connectivity index (χ2n) is 9.08. The van der Waals surface area contributed by atoms with E-state index in [0.29, 0.717) is 39.3 Å². The van der Waals surface area contributed by atoms with Crippen LogP contribution in [0.5, 0.6) is 17.2 Å². The van der Waals surface area contributed by atoms with E-state index >= 15 is 0 Å². The predicted molar refractivity (Wildman–Crippen MR) is 137 cm³/mol. The van der Waals surface area contributed by atoms with Gasteiger partial charge in [-0.15, -0.1) is 0 Å². The number of hydrogen-bond acceptors (Lipinski definition) is 6. The van der Waals surface area contributed by atoms with E-state index in [1.165, 1.54) is 0 Å². The molecule has 6 nitrogen and oxygen atoms in total. The standard InChI is InChI=1S/C28H29BrN2O4/c1-4-6-17-10-23-27(24(32)11-17)26(21(14-30)16(2)31-23)19-12-22(29)28(25(33)13-19)35-15-18-7-5-8-20(9-18)34-3/h5,7-9,12-13,17,26,31,33H,4,6,10-11,15H2,1-3H3. The SMILES string of the molecule is CCCC1CC(=O)C2=C(C1)NC(C)=C(C#N)C2c1cc(O)c(OCc2cccc(OC)c2)c(Br)c1. The summed E-state index contributed by atoms with van der Waals surface area (Å²) in [6.45, 7) is 4.23. The van der Waals surface area contributed by atoms with Gasteiger partial charge in [0.25, 0.3) is 0 Å². The molecule has 2 aliphatic rings. The molecule has 0 radical (unpaired) electrons. The number of phenolic OH excluding ortho intramolecular Hbond substituents is 1. The number of nitrogens with zero attached hydrogens (tertiary/aromatic N) is 1. The summed E-state index contributed by atoms with van der Waals surface area (Å²) >= 11 is 3.53. The van der Waals surface area contributed by atoms with Crippen molar-refractivity contribution in [3.05, 3.63) is 74.5 Å². The number of dihydropyridines is 1. The lowest BCUT2D eigenvalue weighted by molar-refractivity contribution is -0.117. The number of aromatic hydroxyl groups is 1. The van der Waals surface area contributed by atoms with E-state index in [2.05, 4.69) is 34.2 Å². The number of methoxy groups -OCH3 is 1. The summed E-state index contributed by atoms with van der Waals surface area (Å²) in [6, 6.07) is 13.2. The minimum atomic E-state index is -0.527. The fraction of sp³-hybridized carbons (Fsp3) is 0.357. The number of nitriles is 1. The van der Waals surface area contributed by atoms with Crippen molar-refractivity contribution in [2.24, 2.45) is 5.92 Å². The molecule has 182 valence electrons.